The first-order valence-corrected chi connectivity index (χ1v) is 8.49. The molecule has 0 aliphatic rings. The summed E-state index contributed by atoms with van der Waals surface area (Å²) in [4.78, 5) is 11.8. The summed E-state index contributed by atoms with van der Waals surface area (Å²) in [7, 11) is 1.56. The van der Waals surface area contributed by atoms with Crippen LogP contribution in [0.1, 0.15) is 12.5 Å². The first-order valence-electron chi connectivity index (χ1n) is 7.74. The van der Waals surface area contributed by atoms with E-state index in [9.17, 15) is 4.79 Å². The fourth-order valence-electron chi connectivity index (χ4n) is 1.99. The normalized spacial score (nSPS) is 10.6. The van der Waals surface area contributed by atoms with Gasteiger partial charge in [0.25, 0.3) is 5.91 Å². The van der Waals surface area contributed by atoms with Crippen LogP contribution in [-0.2, 0) is 4.79 Å². The molecule has 0 aliphatic heterocycles. The van der Waals surface area contributed by atoms with Crippen molar-refractivity contribution in [3.8, 4) is 17.2 Å². The number of halogens is 2. The predicted molar refractivity (Wildman–Crippen MR) is 102 cm³/mol. The predicted octanol–water partition coefficient (Wildman–Crippen LogP) is 3.93. The average molecular weight is 397 g/mol. The van der Waals surface area contributed by atoms with Crippen LogP contribution in [0.25, 0.3) is 0 Å². The molecule has 138 valence electrons. The SMILES string of the molecule is CCOc1ccc(/C=N\NC(=O)COc2ccc(Cl)cc2Cl)cc1OC. The number of rotatable bonds is 8. The van der Waals surface area contributed by atoms with E-state index in [1.165, 1.54) is 12.3 Å². The van der Waals surface area contributed by atoms with Crippen LogP contribution in [0.2, 0.25) is 10.0 Å². The number of carbonyl (C=O) groups excluding carboxylic acids is 1. The molecule has 8 heteroatoms. The molecule has 6 nitrogen and oxygen atoms in total. The van der Waals surface area contributed by atoms with Crippen LogP contribution in [0.3, 0.4) is 0 Å². The number of hydrogen-bond donors (Lipinski definition) is 1. The molecule has 0 heterocycles. The van der Waals surface area contributed by atoms with E-state index in [0.717, 1.165) is 5.56 Å². The van der Waals surface area contributed by atoms with E-state index in [1.54, 1.807) is 37.4 Å². The lowest BCUT2D eigenvalue weighted by molar-refractivity contribution is -0.123. The Labute approximate surface area is 161 Å². The highest BCUT2D eigenvalue weighted by atomic mass is 35.5. The number of hydrazone groups is 1. The van der Waals surface area contributed by atoms with Gasteiger partial charge in [-0.1, -0.05) is 23.2 Å². The molecule has 0 aliphatic carbocycles. The quantitative estimate of drug-likeness (QED) is 0.541. The molecular weight excluding hydrogens is 379 g/mol. The van der Waals surface area contributed by atoms with Crippen molar-refractivity contribution >= 4 is 35.3 Å². The minimum absolute atomic E-state index is 0.231. The van der Waals surface area contributed by atoms with Gasteiger partial charge in [0.05, 0.1) is 25.0 Å². The van der Waals surface area contributed by atoms with Crippen molar-refractivity contribution in [2.75, 3.05) is 20.3 Å². The molecule has 0 radical (unpaired) electrons. The monoisotopic (exact) mass is 396 g/mol. The van der Waals surface area contributed by atoms with Crippen LogP contribution in [0.5, 0.6) is 17.2 Å². The van der Waals surface area contributed by atoms with Crippen molar-refractivity contribution in [1.29, 1.82) is 0 Å². The summed E-state index contributed by atoms with van der Waals surface area (Å²) in [5.74, 6) is 1.17. The van der Waals surface area contributed by atoms with E-state index in [1.807, 2.05) is 6.92 Å². The smallest absolute Gasteiger partial charge is 0.277 e. The Bertz CT molecular complexity index is 797. The summed E-state index contributed by atoms with van der Waals surface area (Å²) in [6.45, 7) is 2.20. The van der Waals surface area contributed by atoms with Gasteiger partial charge in [0.15, 0.2) is 18.1 Å². The highest BCUT2D eigenvalue weighted by Crippen LogP contribution is 2.28. The maximum Gasteiger partial charge on any atom is 0.277 e. The third-order valence-electron chi connectivity index (χ3n) is 3.14. The van der Waals surface area contributed by atoms with Crippen molar-refractivity contribution in [2.45, 2.75) is 6.92 Å². The number of amides is 1. The van der Waals surface area contributed by atoms with Gasteiger partial charge in [0.1, 0.15) is 5.75 Å². The molecule has 0 unspecified atom stereocenters. The number of nitrogens with zero attached hydrogens (tertiary/aromatic N) is 1. The minimum Gasteiger partial charge on any atom is -0.493 e. The lowest BCUT2D eigenvalue weighted by atomic mass is 10.2. The summed E-state index contributed by atoms with van der Waals surface area (Å²) in [5, 5.41) is 4.70. The zero-order valence-electron chi connectivity index (χ0n) is 14.3. The fourth-order valence-corrected chi connectivity index (χ4v) is 2.45. The molecule has 0 bridgehead atoms. The van der Waals surface area contributed by atoms with E-state index in [-0.39, 0.29) is 6.61 Å². The van der Waals surface area contributed by atoms with Gasteiger partial charge in [0, 0.05) is 5.02 Å². The first kappa shape index (κ1) is 19.9. The Morgan fingerprint density at radius 3 is 2.58 bits per heavy atom. The molecule has 1 amide bonds. The van der Waals surface area contributed by atoms with Crippen LogP contribution in [0.4, 0.5) is 0 Å². The number of benzene rings is 2. The molecule has 0 fully saturated rings. The molecule has 1 N–H and O–H groups in total. The number of hydrogen-bond acceptors (Lipinski definition) is 5. The van der Waals surface area contributed by atoms with Crippen LogP contribution in [0.15, 0.2) is 41.5 Å². The van der Waals surface area contributed by atoms with Gasteiger partial charge < -0.3 is 14.2 Å². The van der Waals surface area contributed by atoms with Crippen LogP contribution in [-0.4, -0.2) is 32.4 Å². The number of ether oxygens (including phenoxy) is 3. The molecule has 0 saturated carbocycles. The third-order valence-corrected chi connectivity index (χ3v) is 3.67. The maximum absolute atomic E-state index is 11.8. The highest BCUT2D eigenvalue weighted by Gasteiger charge is 2.06. The lowest BCUT2D eigenvalue weighted by Crippen LogP contribution is -2.24. The van der Waals surface area contributed by atoms with E-state index in [2.05, 4.69) is 10.5 Å². The molecule has 0 atom stereocenters. The Morgan fingerprint density at radius 2 is 1.88 bits per heavy atom. The second kappa shape index (κ2) is 9.89. The van der Waals surface area contributed by atoms with Crippen LogP contribution in [0, 0.1) is 0 Å². The Kier molecular flexibility index (Phi) is 7.56. The van der Waals surface area contributed by atoms with Gasteiger partial charge in [0.2, 0.25) is 0 Å². The molecule has 2 aromatic carbocycles. The van der Waals surface area contributed by atoms with Crippen LogP contribution >= 0.6 is 23.2 Å². The van der Waals surface area contributed by atoms with Gasteiger partial charge in [-0.2, -0.15) is 5.10 Å². The van der Waals surface area contributed by atoms with Gasteiger partial charge in [-0.05, 0) is 48.9 Å². The average Bonchev–Trinajstić information content (AvgIpc) is 2.62. The van der Waals surface area contributed by atoms with Crippen molar-refractivity contribution in [1.82, 2.24) is 5.43 Å². The molecule has 26 heavy (non-hydrogen) atoms. The Hall–Kier alpha value is -2.44. The van der Waals surface area contributed by atoms with Crippen LogP contribution < -0.4 is 19.6 Å². The minimum atomic E-state index is -0.426. The zero-order chi connectivity index (χ0) is 18.9. The second-order valence-electron chi connectivity index (χ2n) is 5.00. The molecular formula is C18H18Cl2N2O4. The number of carbonyl (C=O) groups is 1. The summed E-state index contributed by atoms with van der Waals surface area (Å²) in [5.41, 5.74) is 3.12. The largest absolute Gasteiger partial charge is 0.493 e. The summed E-state index contributed by atoms with van der Waals surface area (Å²) in [6, 6.07) is 10.1. The number of methoxy groups -OCH3 is 1. The summed E-state index contributed by atoms with van der Waals surface area (Å²) >= 11 is 11.8. The van der Waals surface area contributed by atoms with E-state index >= 15 is 0 Å². The molecule has 2 aromatic rings. The second-order valence-corrected chi connectivity index (χ2v) is 5.84. The topological polar surface area (TPSA) is 69.2 Å². The van der Waals surface area contributed by atoms with Crippen molar-refractivity contribution in [3.05, 3.63) is 52.0 Å². The molecule has 2 rings (SSSR count). The van der Waals surface area contributed by atoms with Gasteiger partial charge in [-0.25, -0.2) is 5.43 Å². The summed E-state index contributed by atoms with van der Waals surface area (Å²) in [6.07, 6.45) is 1.49. The van der Waals surface area contributed by atoms with Crippen molar-refractivity contribution in [2.24, 2.45) is 5.10 Å². The Balaban J connectivity index is 1.88. The van der Waals surface area contributed by atoms with Crippen molar-refractivity contribution in [3.63, 3.8) is 0 Å². The van der Waals surface area contributed by atoms with Gasteiger partial charge in [-0.15, -0.1) is 0 Å². The lowest BCUT2D eigenvalue weighted by Gasteiger charge is -2.09. The van der Waals surface area contributed by atoms with E-state index in [4.69, 9.17) is 37.4 Å². The van der Waals surface area contributed by atoms with Gasteiger partial charge in [-0.3, -0.25) is 4.79 Å². The highest BCUT2D eigenvalue weighted by molar-refractivity contribution is 6.35. The molecule has 0 spiro atoms. The maximum atomic E-state index is 11.8. The number of nitrogens with one attached hydrogen (secondary N) is 1. The fraction of sp³-hybridized carbons (Fsp3) is 0.222. The zero-order valence-corrected chi connectivity index (χ0v) is 15.8. The molecule has 0 aromatic heterocycles. The standard InChI is InChI=1S/C18H18Cl2N2O4/c1-3-25-16-6-4-12(8-17(16)24-2)10-21-22-18(23)11-26-15-7-5-13(19)9-14(15)20/h4-10H,3,11H2,1-2H3,(H,22,23)/b21-10-. The van der Waals surface area contributed by atoms with E-state index < -0.39 is 5.91 Å². The van der Waals surface area contributed by atoms with E-state index in [0.29, 0.717) is 33.9 Å². The van der Waals surface area contributed by atoms with Gasteiger partial charge >= 0.3 is 0 Å². The Morgan fingerprint density at radius 1 is 1.12 bits per heavy atom. The summed E-state index contributed by atoms with van der Waals surface area (Å²) < 4.78 is 16.0. The van der Waals surface area contributed by atoms with Crippen molar-refractivity contribution < 1.29 is 19.0 Å². The third kappa shape index (κ3) is 5.82. The first-order chi connectivity index (χ1) is 12.5. The molecule has 0 saturated heterocycles.